The summed E-state index contributed by atoms with van der Waals surface area (Å²) < 4.78 is 13.1. The molecule has 1 unspecified atom stereocenters. The normalized spacial score (nSPS) is 11.9. The lowest BCUT2D eigenvalue weighted by Gasteiger charge is -2.10. The van der Waals surface area contributed by atoms with Gasteiger partial charge in [0.15, 0.2) is 11.5 Å². The number of nitrogens with zero attached hydrogens (tertiary/aromatic N) is 2. The van der Waals surface area contributed by atoms with Gasteiger partial charge in [-0.05, 0) is 55.0 Å². The molecule has 2 heterocycles. The molecule has 0 aliphatic carbocycles. The Kier molecular flexibility index (Phi) is 8.51. The zero-order valence-corrected chi connectivity index (χ0v) is 20.6. The first-order valence-electron chi connectivity index (χ1n) is 11.8. The zero-order chi connectivity index (χ0) is 24.7. The van der Waals surface area contributed by atoms with Crippen LogP contribution in [0.4, 0.5) is 5.69 Å². The number of nitrogens with one attached hydrogen (secondary N) is 2. The third kappa shape index (κ3) is 6.50. The van der Waals surface area contributed by atoms with Gasteiger partial charge in [-0.15, -0.1) is 0 Å². The van der Waals surface area contributed by atoms with E-state index < -0.39 is 5.91 Å². The maximum Gasteiger partial charge on any atom is 0.291 e. The molecule has 34 heavy (non-hydrogen) atoms. The summed E-state index contributed by atoms with van der Waals surface area (Å²) in [5, 5.41) is 9.86. The van der Waals surface area contributed by atoms with Crippen molar-refractivity contribution in [2.45, 2.75) is 60.1 Å². The van der Waals surface area contributed by atoms with Crippen LogP contribution < -0.4 is 15.4 Å². The topological polar surface area (TPSA) is 98.4 Å². The highest BCUT2D eigenvalue weighted by Crippen LogP contribution is 2.22. The number of aromatic nitrogens is 2. The molecule has 0 fully saturated rings. The maximum atomic E-state index is 12.8. The number of carbonyl (C=O) groups is 2. The summed E-state index contributed by atoms with van der Waals surface area (Å²) in [6, 6.07) is 11.3. The number of benzene rings is 1. The highest BCUT2D eigenvalue weighted by molar-refractivity contribution is 6.07. The Morgan fingerprint density at radius 3 is 2.44 bits per heavy atom. The number of hydrogen-bond acceptors (Lipinski definition) is 5. The Labute approximate surface area is 200 Å². The number of rotatable bonds is 11. The second-order valence-electron chi connectivity index (χ2n) is 8.74. The fourth-order valence-electron chi connectivity index (χ4n) is 3.27. The predicted molar refractivity (Wildman–Crippen MR) is 131 cm³/mol. The largest absolute Gasteiger partial charge is 0.486 e. The van der Waals surface area contributed by atoms with Crippen LogP contribution in [0.25, 0.3) is 0 Å². The van der Waals surface area contributed by atoms with Crippen molar-refractivity contribution in [2.24, 2.45) is 5.92 Å². The summed E-state index contributed by atoms with van der Waals surface area (Å²) in [5.41, 5.74) is 1.78. The first-order chi connectivity index (χ1) is 16.3. The lowest BCUT2D eigenvalue weighted by molar-refractivity contribution is 0.0944. The average Bonchev–Trinajstić information content (AvgIpc) is 3.48. The van der Waals surface area contributed by atoms with E-state index in [1.807, 2.05) is 32.9 Å². The van der Waals surface area contributed by atoms with E-state index in [1.54, 1.807) is 23.0 Å². The number of aryl methyl sites for hydroxylation is 1. The van der Waals surface area contributed by atoms with Crippen LogP contribution in [-0.4, -0.2) is 28.1 Å². The predicted octanol–water partition coefficient (Wildman–Crippen LogP) is 5.23. The van der Waals surface area contributed by atoms with Crippen LogP contribution in [0.5, 0.6) is 5.75 Å². The maximum absolute atomic E-state index is 12.8. The highest BCUT2D eigenvalue weighted by Gasteiger charge is 2.20. The lowest BCUT2D eigenvalue weighted by Crippen LogP contribution is -2.28. The SMILES string of the molecule is CCC(C)c1ccc(OCc2ccc(C(=O)Nc3cn(CC)nc3C(=O)NCC(C)C)o2)cc1. The quantitative estimate of drug-likeness (QED) is 0.403. The smallest absolute Gasteiger partial charge is 0.291 e. The Balaban J connectivity index is 1.62. The monoisotopic (exact) mass is 466 g/mol. The van der Waals surface area contributed by atoms with Crippen molar-refractivity contribution in [1.82, 2.24) is 15.1 Å². The molecule has 1 aromatic carbocycles. The average molecular weight is 467 g/mol. The Bertz CT molecular complexity index is 1100. The minimum absolute atomic E-state index is 0.128. The van der Waals surface area contributed by atoms with E-state index in [0.717, 1.165) is 12.2 Å². The highest BCUT2D eigenvalue weighted by atomic mass is 16.5. The second-order valence-corrected chi connectivity index (χ2v) is 8.74. The summed E-state index contributed by atoms with van der Waals surface area (Å²) >= 11 is 0. The van der Waals surface area contributed by atoms with Gasteiger partial charge in [0, 0.05) is 19.3 Å². The van der Waals surface area contributed by atoms with E-state index in [-0.39, 0.29) is 24.0 Å². The van der Waals surface area contributed by atoms with E-state index >= 15 is 0 Å². The van der Waals surface area contributed by atoms with E-state index in [1.165, 1.54) is 5.56 Å². The van der Waals surface area contributed by atoms with Crippen molar-refractivity contribution >= 4 is 17.5 Å². The van der Waals surface area contributed by atoms with Crippen molar-refractivity contribution in [2.75, 3.05) is 11.9 Å². The van der Waals surface area contributed by atoms with Crippen molar-refractivity contribution in [3.63, 3.8) is 0 Å². The molecule has 0 aliphatic rings. The van der Waals surface area contributed by atoms with Gasteiger partial charge in [0.1, 0.15) is 18.1 Å². The standard InChI is InChI=1S/C26H34N4O4/c1-6-18(5)19-8-10-20(11-9-19)33-16-21-12-13-23(34-21)25(31)28-22-15-30(7-2)29-24(22)26(32)27-14-17(3)4/h8-13,15,17-18H,6-7,14,16H2,1-5H3,(H,27,32)(H,28,31). The fourth-order valence-corrected chi connectivity index (χ4v) is 3.27. The number of furan rings is 1. The molecule has 0 saturated carbocycles. The van der Waals surface area contributed by atoms with Gasteiger partial charge in [0.25, 0.3) is 11.8 Å². The molecule has 0 saturated heterocycles. The van der Waals surface area contributed by atoms with Crippen LogP contribution in [0.2, 0.25) is 0 Å². The molecule has 182 valence electrons. The van der Waals surface area contributed by atoms with Gasteiger partial charge in [-0.2, -0.15) is 5.10 Å². The van der Waals surface area contributed by atoms with Gasteiger partial charge < -0.3 is 19.8 Å². The molecule has 0 spiro atoms. The van der Waals surface area contributed by atoms with Crippen LogP contribution in [0.1, 0.15) is 79.3 Å². The first kappa shape index (κ1) is 25.1. The summed E-state index contributed by atoms with van der Waals surface area (Å²) in [4.78, 5) is 25.3. The van der Waals surface area contributed by atoms with Gasteiger partial charge in [-0.1, -0.05) is 39.8 Å². The van der Waals surface area contributed by atoms with Crippen LogP contribution in [0.3, 0.4) is 0 Å². The molecule has 3 aromatic rings. The van der Waals surface area contributed by atoms with Gasteiger partial charge in [0.05, 0.1) is 5.69 Å². The molecule has 0 radical (unpaired) electrons. The van der Waals surface area contributed by atoms with Gasteiger partial charge in [0.2, 0.25) is 0 Å². The molecule has 0 aliphatic heterocycles. The second kappa shape index (κ2) is 11.5. The molecule has 3 rings (SSSR count). The van der Waals surface area contributed by atoms with Gasteiger partial charge in [-0.25, -0.2) is 0 Å². The summed E-state index contributed by atoms with van der Waals surface area (Å²) in [5.74, 6) is 1.40. The molecule has 8 heteroatoms. The molecule has 0 bridgehead atoms. The fraction of sp³-hybridized carbons (Fsp3) is 0.423. The molecule has 1 atom stereocenters. The van der Waals surface area contributed by atoms with Crippen molar-refractivity contribution in [3.8, 4) is 5.75 Å². The first-order valence-corrected chi connectivity index (χ1v) is 11.8. The Morgan fingerprint density at radius 1 is 1.06 bits per heavy atom. The number of amides is 2. The van der Waals surface area contributed by atoms with Crippen LogP contribution in [0, 0.1) is 5.92 Å². The third-order valence-electron chi connectivity index (χ3n) is 5.55. The number of hydrogen-bond donors (Lipinski definition) is 2. The third-order valence-corrected chi connectivity index (χ3v) is 5.55. The van der Waals surface area contributed by atoms with E-state index in [2.05, 4.69) is 41.7 Å². The van der Waals surface area contributed by atoms with E-state index in [9.17, 15) is 9.59 Å². The summed E-state index contributed by atoms with van der Waals surface area (Å²) in [6.45, 7) is 11.6. The van der Waals surface area contributed by atoms with Gasteiger partial charge in [-0.3, -0.25) is 14.3 Å². The minimum atomic E-state index is -0.460. The zero-order valence-electron chi connectivity index (χ0n) is 20.6. The minimum Gasteiger partial charge on any atom is -0.486 e. The molecule has 2 aromatic heterocycles. The summed E-state index contributed by atoms with van der Waals surface area (Å²) in [7, 11) is 0. The van der Waals surface area contributed by atoms with Crippen molar-refractivity contribution in [1.29, 1.82) is 0 Å². The van der Waals surface area contributed by atoms with Crippen molar-refractivity contribution < 1.29 is 18.7 Å². The van der Waals surface area contributed by atoms with E-state index in [4.69, 9.17) is 9.15 Å². The Hall–Kier alpha value is -3.55. The van der Waals surface area contributed by atoms with E-state index in [0.29, 0.717) is 36.4 Å². The summed E-state index contributed by atoms with van der Waals surface area (Å²) in [6.07, 6.45) is 2.72. The Morgan fingerprint density at radius 2 is 1.79 bits per heavy atom. The molecular formula is C26H34N4O4. The molecule has 2 amide bonds. The molecule has 2 N–H and O–H groups in total. The number of ether oxygens (including phenoxy) is 1. The van der Waals surface area contributed by atoms with Crippen LogP contribution in [0.15, 0.2) is 47.0 Å². The number of carbonyl (C=O) groups excluding carboxylic acids is 2. The lowest BCUT2D eigenvalue weighted by atomic mass is 9.99. The molecule has 8 nitrogen and oxygen atoms in total. The van der Waals surface area contributed by atoms with Gasteiger partial charge >= 0.3 is 0 Å². The van der Waals surface area contributed by atoms with Crippen molar-refractivity contribution in [3.05, 3.63) is 65.4 Å². The van der Waals surface area contributed by atoms with Crippen LogP contribution >= 0.6 is 0 Å². The van der Waals surface area contributed by atoms with Crippen LogP contribution in [-0.2, 0) is 13.2 Å². The number of anilines is 1. The molecular weight excluding hydrogens is 432 g/mol.